The summed E-state index contributed by atoms with van der Waals surface area (Å²) in [5.74, 6) is 0.692. The fraction of sp³-hybridized carbons (Fsp3) is 0.625. The Bertz CT molecular complexity index is 401. The Morgan fingerprint density at radius 3 is 2.57 bits per heavy atom. The summed E-state index contributed by atoms with van der Waals surface area (Å²) in [5.41, 5.74) is 7.54. The van der Waals surface area contributed by atoms with Crippen molar-refractivity contribution in [3.05, 3.63) is 29.3 Å². The fourth-order valence-electron chi connectivity index (χ4n) is 1.85. The minimum absolute atomic E-state index is 0.00650. The lowest BCUT2D eigenvalue weighted by Gasteiger charge is -2.12. The van der Waals surface area contributed by atoms with Crippen LogP contribution in [0.25, 0.3) is 0 Å². The van der Waals surface area contributed by atoms with Gasteiger partial charge in [-0.05, 0) is 36.1 Å². The molecule has 0 heterocycles. The first-order chi connectivity index (χ1) is 10.2. The number of methoxy groups -OCH3 is 1. The van der Waals surface area contributed by atoms with Crippen LogP contribution in [0.3, 0.4) is 0 Å². The molecule has 0 saturated carbocycles. The molecule has 0 radical (unpaired) electrons. The quantitative estimate of drug-likeness (QED) is 0.636. The maximum atomic E-state index is 13.1. The zero-order chi connectivity index (χ0) is 15.5. The standard InChI is InChI=1S/C16H26FNO3/c1-3-13-8-14(4-5-20-7-6-19-2)10-16(9-13)21-12-15(17)11-18/h8-10,15H,3-7,11-12,18H2,1-2H3/t15-/m1/s1. The SMILES string of the molecule is CCc1cc(CCOCCOC)cc(OC[C@H](F)CN)c1. The van der Waals surface area contributed by atoms with Crippen LogP contribution in [-0.4, -0.2) is 46.3 Å². The van der Waals surface area contributed by atoms with E-state index in [-0.39, 0.29) is 13.2 Å². The Labute approximate surface area is 126 Å². The van der Waals surface area contributed by atoms with Gasteiger partial charge in [0.15, 0.2) is 0 Å². The van der Waals surface area contributed by atoms with E-state index in [2.05, 4.69) is 13.0 Å². The normalized spacial score (nSPS) is 12.4. The maximum absolute atomic E-state index is 13.1. The summed E-state index contributed by atoms with van der Waals surface area (Å²) in [7, 11) is 1.65. The molecule has 21 heavy (non-hydrogen) atoms. The summed E-state index contributed by atoms with van der Waals surface area (Å²) in [6.45, 7) is 3.87. The molecule has 0 fully saturated rings. The topological polar surface area (TPSA) is 53.7 Å². The highest BCUT2D eigenvalue weighted by atomic mass is 19.1. The van der Waals surface area contributed by atoms with Crippen molar-refractivity contribution in [2.45, 2.75) is 25.9 Å². The van der Waals surface area contributed by atoms with Crippen LogP contribution >= 0.6 is 0 Å². The predicted octanol–water partition coefficient (Wildman–Crippen LogP) is 2.13. The van der Waals surface area contributed by atoms with E-state index in [0.717, 1.165) is 18.4 Å². The first kappa shape index (κ1) is 17.9. The number of ether oxygens (including phenoxy) is 3. The molecule has 0 aliphatic rings. The van der Waals surface area contributed by atoms with Gasteiger partial charge in [0.2, 0.25) is 0 Å². The molecule has 120 valence electrons. The lowest BCUT2D eigenvalue weighted by molar-refractivity contribution is 0.0722. The molecule has 1 atom stereocenters. The zero-order valence-corrected chi connectivity index (χ0v) is 12.9. The molecule has 0 aliphatic carbocycles. The number of hydrogen-bond acceptors (Lipinski definition) is 4. The summed E-state index contributed by atoms with van der Waals surface area (Å²) in [6.07, 6.45) is 0.574. The van der Waals surface area contributed by atoms with Gasteiger partial charge in [-0.15, -0.1) is 0 Å². The highest BCUT2D eigenvalue weighted by Crippen LogP contribution is 2.19. The van der Waals surface area contributed by atoms with E-state index < -0.39 is 6.17 Å². The van der Waals surface area contributed by atoms with Crippen molar-refractivity contribution in [1.82, 2.24) is 0 Å². The molecule has 1 rings (SSSR count). The van der Waals surface area contributed by atoms with Crippen molar-refractivity contribution in [3.63, 3.8) is 0 Å². The minimum Gasteiger partial charge on any atom is -0.490 e. The van der Waals surface area contributed by atoms with E-state index in [9.17, 15) is 4.39 Å². The summed E-state index contributed by atoms with van der Waals surface area (Å²) in [4.78, 5) is 0. The molecular formula is C16H26FNO3. The highest BCUT2D eigenvalue weighted by Gasteiger charge is 2.06. The van der Waals surface area contributed by atoms with Gasteiger partial charge in [0, 0.05) is 13.7 Å². The molecule has 0 aliphatic heterocycles. The molecule has 0 amide bonds. The van der Waals surface area contributed by atoms with Gasteiger partial charge in [-0.3, -0.25) is 0 Å². The van der Waals surface area contributed by atoms with Crippen LogP contribution in [0.5, 0.6) is 5.75 Å². The van der Waals surface area contributed by atoms with E-state index in [4.69, 9.17) is 19.9 Å². The van der Waals surface area contributed by atoms with Gasteiger partial charge in [-0.1, -0.05) is 13.0 Å². The summed E-state index contributed by atoms with van der Waals surface area (Å²) in [6, 6.07) is 6.00. The van der Waals surface area contributed by atoms with Crippen LogP contribution in [0.15, 0.2) is 18.2 Å². The van der Waals surface area contributed by atoms with E-state index >= 15 is 0 Å². The minimum atomic E-state index is -1.13. The van der Waals surface area contributed by atoms with Gasteiger partial charge in [-0.2, -0.15) is 0 Å². The van der Waals surface area contributed by atoms with Gasteiger partial charge in [-0.25, -0.2) is 4.39 Å². The number of aryl methyl sites for hydroxylation is 1. The zero-order valence-electron chi connectivity index (χ0n) is 12.9. The number of alkyl halides is 1. The van der Waals surface area contributed by atoms with Crippen molar-refractivity contribution >= 4 is 0 Å². The molecule has 4 nitrogen and oxygen atoms in total. The molecule has 0 spiro atoms. The summed E-state index contributed by atoms with van der Waals surface area (Å²) in [5, 5.41) is 0. The Hall–Kier alpha value is -1.17. The molecule has 0 bridgehead atoms. The fourth-order valence-corrected chi connectivity index (χ4v) is 1.85. The lowest BCUT2D eigenvalue weighted by atomic mass is 10.1. The van der Waals surface area contributed by atoms with Gasteiger partial charge >= 0.3 is 0 Å². The number of hydrogen-bond donors (Lipinski definition) is 1. The average molecular weight is 299 g/mol. The summed E-state index contributed by atoms with van der Waals surface area (Å²) >= 11 is 0. The number of rotatable bonds is 11. The van der Waals surface area contributed by atoms with Crippen molar-refractivity contribution in [3.8, 4) is 5.75 Å². The number of halogens is 1. The average Bonchev–Trinajstić information content (AvgIpc) is 2.52. The van der Waals surface area contributed by atoms with Crippen LogP contribution < -0.4 is 10.5 Å². The Morgan fingerprint density at radius 2 is 1.90 bits per heavy atom. The molecule has 0 aromatic heterocycles. The molecular weight excluding hydrogens is 273 g/mol. The first-order valence-electron chi connectivity index (χ1n) is 7.36. The second kappa shape index (κ2) is 10.5. The second-order valence-corrected chi connectivity index (χ2v) is 4.84. The first-order valence-corrected chi connectivity index (χ1v) is 7.36. The van der Waals surface area contributed by atoms with E-state index in [1.165, 1.54) is 5.56 Å². The molecule has 0 saturated heterocycles. The van der Waals surface area contributed by atoms with Crippen molar-refractivity contribution in [2.75, 3.05) is 40.1 Å². The van der Waals surface area contributed by atoms with Crippen LogP contribution in [0.2, 0.25) is 0 Å². The molecule has 2 N–H and O–H groups in total. The maximum Gasteiger partial charge on any atom is 0.146 e. The van der Waals surface area contributed by atoms with Gasteiger partial charge in [0.1, 0.15) is 18.5 Å². The van der Waals surface area contributed by atoms with Crippen LogP contribution in [0.4, 0.5) is 4.39 Å². The largest absolute Gasteiger partial charge is 0.490 e. The van der Waals surface area contributed by atoms with E-state index in [0.29, 0.717) is 25.6 Å². The lowest BCUT2D eigenvalue weighted by Crippen LogP contribution is -2.22. The smallest absolute Gasteiger partial charge is 0.146 e. The van der Waals surface area contributed by atoms with Crippen molar-refractivity contribution in [2.24, 2.45) is 5.73 Å². The number of benzene rings is 1. The van der Waals surface area contributed by atoms with Crippen molar-refractivity contribution < 1.29 is 18.6 Å². The van der Waals surface area contributed by atoms with Crippen LogP contribution in [0.1, 0.15) is 18.1 Å². The monoisotopic (exact) mass is 299 g/mol. The van der Waals surface area contributed by atoms with Gasteiger partial charge in [0.05, 0.1) is 19.8 Å². The van der Waals surface area contributed by atoms with Crippen LogP contribution in [0, 0.1) is 0 Å². The van der Waals surface area contributed by atoms with Crippen LogP contribution in [-0.2, 0) is 22.3 Å². The van der Waals surface area contributed by atoms with Gasteiger partial charge < -0.3 is 19.9 Å². The highest BCUT2D eigenvalue weighted by molar-refractivity contribution is 5.34. The Balaban J connectivity index is 2.53. The van der Waals surface area contributed by atoms with Gasteiger partial charge in [0.25, 0.3) is 0 Å². The Kier molecular flexibility index (Phi) is 8.98. The Morgan fingerprint density at radius 1 is 1.14 bits per heavy atom. The molecule has 0 unspecified atom stereocenters. The van der Waals surface area contributed by atoms with Crippen molar-refractivity contribution in [1.29, 1.82) is 0 Å². The number of nitrogens with two attached hydrogens (primary N) is 1. The van der Waals surface area contributed by atoms with E-state index in [1.54, 1.807) is 7.11 Å². The van der Waals surface area contributed by atoms with E-state index in [1.807, 2.05) is 12.1 Å². The summed E-state index contributed by atoms with van der Waals surface area (Å²) < 4.78 is 29.0. The third-order valence-corrected chi connectivity index (χ3v) is 3.09. The predicted molar refractivity (Wildman–Crippen MR) is 81.7 cm³/mol. The molecule has 5 heteroatoms. The third-order valence-electron chi connectivity index (χ3n) is 3.09. The molecule has 1 aromatic rings. The second-order valence-electron chi connectivity index (χ2n) is 4.84. The molecule has 1 aromatic carbocycles. The third kappa shape index (κ3) is 7.41.